The lowest BCUT2D eigenvalue weighted by Crippen LogP contribution is -2.38. The van der Waals surface area contributed by atoms with Crippen LogP contribution in [0.3, 0.4) is 0 Å². The van der Waals surface area contributed by atoms with Gasteiger partial charge in [-0.05, 0) is 18.4 Å². The van der Waals surface area contributed by atoms with Gasteiger partial charge in [0.1, 0.15) is 0 Å². The van der Waals surface area contributed by atoms with Gasteiger partial charge in [-0.2, -0.15) is 0 Å². The molecular weight excluding hydrogens is 250 g/mol. The second-order valence-electron chi connectivity index (χ2n) is 5.59. The molecule has 0 spiro atoms. The highest BCUT2D eigenvalue weighted by atomic mass is 16.4. The quantitative estimate of drug-likeness (QED) is 0.807. The van der Waals surface area contributed by atoms with E-state index in [2.05, 4.69) is 23.6 Å². The Morgan fingerprint density at radius 3 is 2.45 bits per heavy atom. The number of benzene rings is 1. The Balaban J connectivity index is 2.06. The van der Waals surface area contributed by atoms with Crippen molar-refractivity contribution in [2.24, 2.45) is 0 Å². The topological polar surface area (TPSA) is 40.5 Å². The van der Waals surface area contributed by atoms with Crippen molar-refractivity contribution >= 4 is 5.97 Å². The van der Waals surface area contributed by atoms with Gasteiger partial charge in [0.15, 0.2) is 0 Å². The zero-order chi connectivity index (χ0) is 14.4. The van der Waals surface area contributed by atoms with Gasteiger partial charge in [0, 0.05) is 24.7 Å². The molecule has 0 unspecified atom stereocenters. The fourth-order valence-electron chi connectivity index (χ4n) is 2.89. The van der Waals surface area contributed by atoms with E-state index in [4.69, 9.17) is 5.11 Å². The number of rotatable bonds is 6. The van der Waals surface area contributed by atoms with Crippen LogP contribution in [0.15, 0.2) is 42.5 Å². The summed E-state index contributed by atoms with van der Waals surface area (Å²) in [7, 11) is 0. The summed E-state index contributed by atoms with van der Waals surface area (Å²) in [5.41, 5.74) is 1.52. The summed E-state index contributed by atoms with van der Waals surface area (Å²) < 4.78 is 0. The molecule has 2 rings (SSSR count). The van der Waals surface area contributed by atoms with Crippen LogP contribution >= 0.6 is 0 Å². The first kappa shape index (κ1) is 14.8. The van der Waals surface area contributed by atoms with E-state index < -0.39 is 5.97 Å². The molecule has 3 heteroatoms. The van der Waals surface area contributed by atoms with Crippen molar-refractivity contribution in [3.05, 3.63) is 48.0 Å². The van der Waals surface area contributed by atoms with E-state index in [1.165, 1.54) is 37.7 Å². The number of carboxylic acid groups (broad SMARTS) is 1. The molecule has 0 atom stereocenters. The highest BCUT2D eigenvalue weighted by molar-refractivity contribution is 5.86. The van der Waals surface area contributed by atoms with Gasteiger partial charge in [0.25, 0.3) is 0 Å². The Morgan fingerprint density at radius 2 is 1.85 bits per heavy atom. The minimum absolute atomic E-state index is 0.284. The number of carboxylic acids is 1. The molecular formula is C17H23NO2. The van der Waals surface area contributed by atoms with Crippen LogP contribution in [-0.4, -0.2) is 28.6 Å². The lowest BCUT2D eigenvalue weighted by Gasteiger charge is -2.34. The maximum absolute atomic E-state index is 11.0. The fraction of sp³-hybridized carbons (Fsp3) is 0.471. The Kier molecular flexibility index (Phi) is 5.36. The fourth-order valence-corrected chi connectivity index (χ4v) is 2.89. The van der Waals surface area contributed by atoms with Gasteiger partial charge in [-0.15, -0.1) is 0 Å². The summed E-state index contributed by atoms with van der Waals surface area (Å²) >= 11 is 0. The maximum atomic E-state index is 11.0. The predicted molar refractivity (Wildman–Crippen MR) is 80.5 cm³/mol. The minimum atomic E-state index is -0.890. The van der Waals surface area contributed by atoms with Crippen molar-refractivity contribution in [3.8, 4) is 0 Å². The molecule has 0 bridgehead atoms. The second-order valence-corrected chi connectivity index (χ2v) is 5.59. The number of nitrogens with zero attached hydrogens (tertiary/aromatic N) is 1. The van der Waals surface area contributed by atoms with Crippen LogP contribution < -0.4 is 0 Å². The Hall–Kier alpha value is -1.61. The second kappa shape index (κ2) is 7.25. The highest BCUT2D eigenvalue weighted by Gasteiger charge is 2.23. The van der Waals surface area contributed by atoms with Crippen LogP contribution in [0.5, 0.6) is 0 Å². The minimum Gasteiger partial charge on any atom is -0.478 e. The first-order valence-corrected chi connectivity index (χ1v) is 7.36. The molecule has 1 N–H and O–H groups in total. The van der Waals surface area contributed by atoms with Crippen LogP contribution in [0.25, 0.3) is 0 Å². The van der Waals surface area contributed by atoms with Crippen molar-refractivity contribution in [1.82, 2.24) is 4.90 Å². The van der Waals surface area contributed by atoms with Crippen LogP contribution in [0.2, 0.25) is 0 Å². The number of aliphatic carboxylic acids is 1. The summed E-state index contributed by atoms with van der Waals surface area (Å²) in [6.45, 7) is 4.95. The molecule has 0 aromatic heterocycles. The largest absolute Gasteiger partial charge is 0.478 e. The standard InChI is InChI=1S/C17H23NO2/c1-14(17(19)20)12-18(16-10-6-3-7-11-16)13-15-8-4-2-5-9-15/h2,4-5,8-9,16H,1,3,6-7,10-13H2,(H,19,20). The molecule has 1 fully saturated rings. The molecule has 0 radical (unpaired) electrons. The summed E-state index contributed by atoms with van der Waals surface area (Å²) in [4.78, 5) is 13.3. The Labute approximate surface area is 120 Å². The van der Waals surface area contributed by atoms with Gasteiger partial charge in [0.2, 0.25) is 0 Å². The molecule has 1 aromatic rings. The Bertz CT molecular complexity index is 449. The van der Waals surface area contributed by atoms with Gasteiger partial charge >= 0.3 is 5.97 Å². The third-order valence-electron chi connectivity index (χ3n) is 4.02. The lowest BCUT2D eigenvalue weighted by molar-refractivity contribution is -0.133. The first-order chi connectivity index (χ1) is 9.66. The predicted octanol–water partition coefficient (Wildman–Crippen LogP) is 3.46. The smallest absolute Gasteiger partial charge is 0.332 e. The van der Waals surface area contributed by atoms with E-state index in [1.807, 2.05) is 18.2 Å². The van der Waals surface area contributed by atoms with E-state index in [9.17, 15) is 4.79 Å². The highest BCUT2D eigenvalue weighted by Crippen LogP contribution is 2.24. The van der Waals surface area contributed by atoms with E-state index in [0.29, 0.717) is 12.6 Å². The number of hydrogen-bond acceptors (Lipinski definition) is 2. The molecule has 1 saturated carbocycles. The molecule has 0 saturated heterocycles. The van der Waals surface area contributed by atoms with E-state index in [-0.39, 0.29) is 5.57 Å². The SMILES string of the molecule is C=C(CN(Cc1ccccc1)C1CCCCC1)C(=O)O. The van der Waals surface area contributed by atoms with Crippen LogP contribution in [0.4, 0.5) is 0 Å². The molecule has 0 heterocycles. The Morgan fingerprint density at radius 1 is 1.20 bits per heavy atom. The molecule has 20 heavy (non-hydrogen) atoms. The van der Waals surface area contributed by atoms with E-state index in [0.717, 1.165) is 6.54 Å². The van der Waals surface area contributed by atoms with Crippen molar-refractivity contribution in [3.63, 3.8) is 0 Å². The maximum Gasteiger partial charge on any atom is 0.332 e. The van der Waals surface area contributed by atoms with Gasteiger partial charge in [-0.3, -0.25) is 4.90 Å². The number of carbonyl (C=O) groups is 1. The van der Waals surface area contributed by atoms with Gasteiger partial charge in [-0.1, -0.05) is 56.2 Å². The van der Waals surface area contributed by atoms with Crippen molar-refractivity contribution in [2.45, 2.75) is 44.7 Å². The molecule has 1 aliphatic rings. The molecule has 1 aliphatic carbocycles. The van der Waals surface area contributed by atoms with Crippen molar-refractivity contribution < 1.29 is 9.90 Å². The van der Waals surface area contributed by atoms with E-state index >= 15 is 0 Å². The van der Waals surface area contributed by atoms with Gasteiger partial charge in [0.05, 0.1) is 0 Å². The van der Waals surface area contributed by atoms with Crippen LogP contribution in [0.1, 0.15) is 37.7 Å². The average molecular weight is 273 g/mol. The molecule has 1 aromatic carbocycles. The van der Waals surface area contributed by atoms with Crippen molar-refractivity contribution in [1.29, 1.82) is 0 Å². The normalized spacial score (nSPS) is 16.2. The summed E-state index contributed by atoms with van der Waals surface area (Å²) in [5, 5.41) is 9.07. The van der Waals surface area contributed by atoms with Crippen LogP contribution in [-0.2, 0) is 11.3 Å². The molecule has 0 aliphatic heterocycles. The molecule has 3 nitrogen and oxygen atoms in total. The molecule has 108 valence electrons. The van der Waals surface area contributed by atoms with Gasteiger partial charge < -0.3 is 5.11 Å². The van der Waals surface area contributed by atoms with Crippen molar-refractivity contribution in [2.75, 3.05) is 6.54 Å². The van der Waals surface area contributed by atoms with Gasteiger partial charge in [-0.25, -0.2) is 4.79 Å². The molecule has 0 amide bonds. The summed E-state index contributed by atoms with van der Waals surface area (Å²) in [6.07, 6.45) is 6.13. The summed E-state index contributed by atoms with van der Waals surface area (Å²) in [5.74, 6) is -0.890. The zero-order valence-corrected chi connectivity index (χ0v) is 11.9. The third kappa shape index (κ3) is 4.20. The third-order valence-corrected chi connectivity index (χ3v) is 4.02. The zero-order valence-electron chi connectivity index (χ0n) is 11.9. The summed E-state index contributed by atoms with van der Waals surface area (Å²) in [6, 6.07) is 10.7. The van der Waals surface area contributed by atoms with Crippen LogP contribution in [0, 0.1) is 0 Å². The average Bonchev–Trinajstić information content (AvgIpc) is 2.48. The lowest BCUT2D eigenvalue weighted by atomic mass is 9.93. The monoisotopic (exact) mass is 273 g/mol. The number of hydrogen-bond donors (Lipinski definition) is 1. The van der Waals surface area contributed by atoms with E-state index in [1.54, 1.807) is 0 Å². The first-order valence-electron chi connectivity index (χ1n) is 7.36.